The highest BCUT2D eigenvalue weighted by Gasteiger charge is 2.24. The molecule has 1 aliphatic carbocycles. The Morgan fingerprint density at radius 3 is 2.86 bits per heavy atom. The van der Waals surface area contributed by atoms with Crippen LogP contribution in [0.3, 0.4) is 0 Å². The summed E-state index contributed by atoms with van der Waals surface area (Å²) >= 11 is 1.70. The number of aromatic nitrogens is 2. The normalized spacial score (nSPS) is 17.9. The van der Waals surface area contributed by atoms with Gasteiger partial charge in [-0.2, -0.15) is 0 Å². The van der Waals surface area contributed by atoms with Gasteiger partial charge in [-0.05, 0) is 41.8 Å². The van der Waals surface area contributed by atoms with E-state index in [1.807, 2.05) is 12.1 Å². The topological polar surface area (TPSA) is 64.9 Å². The standard InChI is InChI=1S/C17H19N3OS/c18-15(13-7-4-8-21-13)16-14-12(11-5-2-1-3-6-11)9-22-17(14)20-10-19-16/h4,7-11,15H,1-3,5-6,18H2. The van der Waals surface area contributed by atoms with E-state index >= 15 is 0 Å². The monoisotopic (exact) mass is 313 g/mol. The van der Waals surface area contributed by atoms with Crippen LogP contribution in [0.5, 0.6) is 0 Å². The molecule has 0 radical (unpaired) electrons. The Labute approximate surface area is 133 Å². The first-order valence-corrected chi connectivity index (χ1v) is 8.73. The molecule has 22 heavy (non-hydrogen) atoms. The van der Waals surface area contributed by atoms with Crippen molar-refractivity contribution in [3.05, 3.63) is 47.1 Å². The Morgan fingerprint density at radius 2 is 2.09 bits per heavy atom. The molecular weight excluding hydrogens is 294 g/mol. The smallest absolute Gasteiger partial charge is 0.127 e. The molecule has 2 N–H and O–H groups in total. The number of nitrogens with two attached hydrogens (primary N) is 1. The fraction of sp³-hybridized carbons (Fsp3) is 0.412. The molecule has 5 heteroatoms. The van der Waals surface area contributed by atoms with E-state index in [4.69, 9.17) is 10.2 Å². The molecule has 4 rings (SSSR count). The lowest BCUT2D eigenvalue weighted by Crippen LogP contribution is -2.14. The van der Waals surface area contributed by atoms with E-state index in [0.717, 1.165) is 21.7 Å². The van der Waals surface area contributed by atoms with E-state index in [1.165, 1.54) is 37.7 Å². The van der Waals surface area contributed by atoms with Gasteiger partial charge in [0.1, 0.15) is 23.0 Å². The van der Waals surface area contributed by atoms with Gasteiger partial charge in [-0.15, -0.1) is 11.3 Å². The molecule has 0 aromatic carbocycles. The fourth-order valence-corrected chi connectivity index (χ4v) is 4.47. The molecule has 0 spiro atoms. The van der Waals surface area contributed by atoms with Crippen molar-refractivity contribution in [3.63, 3.8) is 0 Å². The van der Waals surface area contributed by atoms with Gasteiger partial charge in [0.05, 0.1) is 12.0 Å². The molecule has 0 saturated heterocycles. The van der Waals surface area contributed by atoms with Crippen molar-refractivity contribution in [1.82, 2.24) is 9.97 Å². The van der Waals surface area contributed by atoms with Gasteiger partial charge in [-0.25, -0.2) is 9.97 Å². The van der Waals surface area contributed by atoms with Crippen LogP contribution in [0.15, 0.2) is 34.5 Å². The Bertz CT molecular complexity index is 759. The number of fused-ring (bicyclic) bond motifs is 1. The molecule has 4 nitrogen and oxygen atoms in total. The van der Waals surface area contributed by atoms with Gasteiger partial charge in [-0.1, -0.05) is 19.3 Å². The largest absolute Gasteiger partial charge is 0.467 e. The first kappa shape index (κ1) is 13.9. The highest BCUT2D eigenvalue weighted by Crippen LogP contribution is 2.40. The molecular formula is C17H19N3OS. The minimum Gasteiger partial charge on any atom is -0.467 e. The van der Waals surface area contributed by atoms with E-state index in [9.17, 15) is 0 Å². The molecule has 0 amide bonds. The minimum absolute atomic E-state index is 0.336. The van der Waals surface area contributed by atoms with Crippen LogP contribution in [0.1, 0.15) is 61.1 Å². The van der Waals surface area contributed by atoms with Crippen LogP contribution in [0.25, 0.3) is 10.2 Å². The number of thiophene rings is 1. The van der Waals surface area contributed by atoms with E-state index in [1.54, 1.807) is 23.9 Å². The molecule has 1 atom stereocenters. The summed E-state index contributed by atoms with van der Waals surface area (Å²) in [4.78, 5) is 9.98. The molecule has 1 saturated carbocycles. The zero-order valence-corrected chi connectivity index (χ0v) is 13.2. The molecule has 3 aromatic rings. The first-order chi connectivity index (χ1) is 10.8. The number of hydrogen-bond acceptors (Lipinski definition) is 5. The number of furan rings is 1. The quantitative estimate of drug-likeness (QED) is 0.779. The fourth-order valence-electron chi connectivity index (χ4n) is 3.47. The van der Waals surface area contributed by atoms with Crippen LogP contribution < -0.4 is 5.73 Å². The summed E-state index contributed by atoms with van der Waals surface area (Å²) in [6, 6.07) is 3.44. The van der Waals surface area contributed by atoms with Gasteiger partial charge in [0.2, 0.25) is 0 Å². The number of rotatable bonds is 3. The minimum atomic E-state index is -0.336. The third-order valence-electron chi connectivity index (χ3n) is 4.62. The number of nitrogens with zero attached hydrogens (tertiary/aromatic N) is 2. The van der Waals surface area contributed by atoms with Crippen molar-refractivity contribution in [2.24, 2.45) is 5.73 Å². The van der Waals surface area contributed by atoms with Gasteiger partial charge in [0.25, 0.3) is 0 Å². The van der Waals surface area contributed by atoms with E-state index in [-0.39, 0.29) is 6.04 Å². The Balaban J connectivity index is 1.82. The van der Waals surface area contributed by atoms with Crippen LogP contribution in [0, 0.1) is 0 Å². The summed E-state index contributed by atoms with van der Waals surface area (Å²) in [5, 5.41) is 3.41. The predicted molar refractivity (Wildman–Crippen MR) is 88.0 cm³/mol. The maximum absolute atomic E-state index is 6.41. The lowest BCUT2D eigenvalue weighted by molar-refractivity contribution is 0.445. The lowest BCUT2D eigenvalue weighted by Gasteiger charge is -2.22. The van der Waals surface area contributed by atoms with Crippen LogP contribution in [-0.4, -0.2) is 9.97 Å². The highest BCUT2D eigenvalue weighted by atomic mass is 32.1. The summed E-state index contributed by atoms with van der Waals surface area (Å²) in [5.74, 6) is 1.37. The number of hydrogen-bond donors (Lipinski definition) is 1. The molecule has 1 aliphatic rings. The van der Waals surface area contributed by atoms with Gasteiger partial charge in [-0.3, -0.25) is 0 Å². The zero-order valence-electron chi connectivity index (χ0n) is 12.4. The summed E-state index contributed by atoms with van der Waals surface area (Å²) in [6.45, 7) is 0. The average molecular weight is 313 g/mol. The van der Waals surface area contributed by atoms with Crippen molar-refractivity contribution in [3.8, 4) is 0 Å². The summed E-state index contributed by atoms with van der Waals surface area (Å²) in [7, 11) is 0. The Morgan fingerprint density at radius 1 is 1.23 bits per heavy atom. The van der Waals surface area contributed by atoms with Crippen LogP contribution in [0.4, 0.5) is 0 Å². The van der Waals surface area contributed by atoms with Crippen molar-refractivity contribution in [1.29, 1.82) is 0 Å². The summed E-state index contributed by atoms with van der Waals surface area (Å²) in [6.07, 6.45) is 9.77. The maximum Gasteiger partial charge on any atom is 0.127 e. The summed E-state index contributed by atoms with van der Waals surface area (Å²) < 4.78 is 5.48. The zero-order chi connectivity index (χ0) is 14.9. The van der Waals surface area contributed by atoms with Crippen molar-refractivity contribution in [2.75, 3.05) is 0 Å². The SMILES string of the molecule is NC(c1ccco1)c1ncnc2scc(C3CCCCC3)c12. The van der Waals surface area contributed by atoms with Crippen LogP contribution >= 0.6 is 11.3 Å². The molecule has 0 bridgehead atoms. The third kappa shape index (κ3) is 2.34. The molecule has 3 aromatic heterocycles. The lowest BCUT2D eigenvalue weighted by atomic mass is 9.83. The van der Waals surface area contributed by atoms with Crippen molar-refractivity contribution < 1.29 is 4.42 Å². The van der Waals surface area contributed by atoms with Crippen LogP contribution in [0.2, 0.25) is 0 Å². The van der Waals surface area contributed by atoms with Crippen LogP contribution in [-0.2, 0) is 0 Å². The van der Waals surface area contributed by atoms with Gasteiger partial charge in [0.15, 0.2) is 0 Å². The molecule has 3 heterocycles. The maximum atomic E-state index is 6.41. The Kier molecular flexibility index (Phi) is 3.68. The van der Waals surface area contributed by atoms with E-state index in [0.29, 0.717) is 5.92 Å². The molecule has 0 aliphatic heterocycles. The van der Waals surface area contributed by atoms with Crippen molar-refractivity contribution >= 4 is 21.6 Å². The van der Waals surface area contributed by atoms with Gasteiger partial charge in [0, 0.05) is 5.39 Å². The highest BCUT2D eigenvalue weighted by molar-refractivity contribution is 7.17. The Hall–Kier alpha value is -1.72. The summed E-state index contributed by atoms with van der Waals surface area (Å²) in [5.41, 5.74) is 8.68. The molecule has 114 valence electrons. The predicted octanol–water partition coefficient (Wildman–Crippen LogP) is 4.38. The second-order valence-corrected chi connectivity index (χ2v) is 6.82. The second-order valence-electron chi connectivity index (χ2n) is 5.96. The second kappa shape index (κ2) is 5.82. The third-order valence-corrected chi connectivity index (χ3v) is 5.52. The van der Waals surface area contributed by atoms with Crippen molar-refractivity contribution in [2.45, 2.75) is 44.1 Å². The first-order valence-electron chi connectivity index (χ1n) is 7.85. The van der Waals surface area contributed by atoms with Gasteiger partial charge < -0.3 is 10.2 Å². The molecule has 1 fully saturated rings. The van der Waals surface area contributed by atoms with Gasteiger partial charge >= 0.3 is 0 Å². The molecule has 1 unspecified atom stereocenters. The average Bonchev–Trinajstić information content (AvgIpc) is 3.24. The van der Waals surface area contributed by atoms with E-state index < -0.39 is 0 Å². The van der Waals surface area contributed by atoms with E-state index in [2.05, 4.69) is 15.3 Å².